The van der Waals surface area contributed by atoms with Gasteiger partial charge in [0.05, 0.1) is 6.61 Å². The van der Waals surface area contributed by atoms with Crippen LogP contribution in [0.2, 0.25) is 0 Å². The van der Waals surface area contributed by atoms with Gasteiger partial charge in [0.2, 0.25) is 0 Å². The summed E-state index contributed by atoms with van der Waals surface area (Å²) in [5.41, 5.74) is -1.32. The van der Waals surface area contributed by atoms with E-state index in [2.05, 4.69) is 25.5 Å². The van der Waals surface area contributed by atoms with Gasteiger partial charge in [-0.2, -0.15) is 5.10 Å². The predicted octanol–water partition coefficient (Wildman–Crippen LogP) is 3.28. The summed E-state index contributed by atoms with van der Waals surface area (Å²) in [6.45, 7) is 3.59. The maximum atomic E-state index is 14.6. The van der Waals surface area contributed by atoms with Crippen molar-refractivity contribution in [1.29, 1.82) is 0 Å². The number of anilines is 1. The number of nitrogens with zero attached hydrogens (tertiary/aromatic N) is 3. The van der Waals surface area contributed by atoms with Gasteiger partial charge in [0, 0.05) is 30.2 Å². The van der Waals surface area contributed by atoms with Gasteiger partial charge in [-0.15, -0.1) is 0 Å². The highest BCUT2D eigenvalue weighted by Crippen LogP contribution is 2.40. The molecule has 0 radical (unpaired) electrons. The Kier molecular flexibility index (Phi) is 6.36. The van der Waals surface area contributed by atoms with Crippen molar-refractivity contribution in [1.82, 2.24) is 20.2 Å². The van der Waals surface area contributed by atoms with Crippen molar-refractivity contribution < 1.29 is 23.4 Å². The first kappa shape index (κ1) is 21.3. The number of rotatable bonds is 7. The third-order valence-electron chi connectivity index (χ3n) is 4.80. The number of aromatic nitrogens is 4. The molecule has 158 valence electrons. The molecule has 0 saturated heterocycles. The van der Waals surface area contributed by atoms with Crippen LogP contribution < -0.4 is 5.32 Å². The zero-order valence-electron chi connectivity index (χ0n) is 16.4. The van der Waals surface area contributed by atoms with Crippen molar-refractivity contribution in [3.63, 3.8) is 0 Å². The van der Waals surface area contributed by atoms with Crippen LogP contribution in [0.5, 0.6) is 0 Å². The maximum Gasteiger partial charge on any atom is 0.412 e. The van der Waals surface area contributed by atoms with Crippen LogP contribution in [0.1, 0.15) is 36.7 Å². The van der Waals surface area contributed by atoms with Crippen molar-refractivity contribution in [3.05, 3.63) is 71.4 Å². The SMILES string of the molecule is CCOC(=O)Nc1ccc(C(C)C(O)(Cc2nc[nH]n2)c2ccc(F)cc2F)cn1. The molecule has 3 rings (SSSR count). The highest BCUT2D eigenvalue weighted by molar-refractivity contribution is 5.83. The third kappa shape index (κ3) is 4.60. The Morgan fingerprint density at radius 1 is 1.30 bits per heavy atom. The van der Waals surface area contributed by atoms with Crippen LogP contribution in [0, 0.1) is 11.6 Å². The number of ether oxygens (including phenoxy) is 1. The molecule has 0 bridgehead atoms. The lowest BCUT2D eigenvalue weighted by molar-refractivity contribution is 0.00732. The van der Waals surface area contributed by atoms with Gasteiger partial charge in [0.15, 0.2) is 5.82 Å². The molecule has 0 fully saturated rings. The van der Waals surface area contributed by atoms with Gasteiger partial charge < -0.3 is 9.84 Å². The summed E-state index contributed by atoms with van der Waals surface area (Å²) < 4.78 is 32.8. The van der Waals surface area contributed by atoms with Crippen LogP contribution >= 0.6 is 0 Å². The zero-order chi connectivity index (χ0) is 21.7. The number of amides is 1. The fraction of sp³-hybridized carbons (Fsp3) is 0.300. The number of aliphatic hydroxyl groups is 1. The van der Waals surface area contributed by atoms with Crippen LogP contribution in [0.25, 0.3) is 0 Å². The number of halogens is 2. The summed E-state index contributed by atoms with van der Waals surface area (Å²) in [7, 11) is 0. The van der Waals surface area contributed by atoms with E-state index in [9.17, 15) is 18.7 Å². The smallest absolute Gasteiger partial charge is 0.412 e. The molecule has 3 N–H and O–H groups in total. The first-order chi connectivity index (χ1) is 14.3. The predicted molar refractivity (Wildman–Crippen MR) is 104 cm³/mol. The minimum absolute atomic E-state index is 0.0880. The minimum atomic E-state index is -1.79. The molecule has 3 aromatic rings. The number of carbonyl (C=O) groups is 1. The van der Waals surface area contributed by atoms with E-state index in [0.717, 1.165) is 12.1 Å². The Balaban J connectivity index is 1.94. The second-order valence-corrected chi connectivity index (χ2v) is 6.68. The van der Waals surface area contributed by atoms with Gasteiger partial charge in [-0.3, -0.25) is 10.4 Å². The molecular formula is C20H21F2N5O3. The van der Waals surface area contributed by atoms with Gasteiger partial charge in [-0.1, -0.05) is 19.1 Å². The van der Waals surface area contributed by atoms with E-state index in [4.69, 9.17) is 4.74 Å². The van der Waals surface area contributed by atoms with Crippen LogP contribution in [0.15, 0.2) is 42.9 Å². The van der Waals surface area contributed by atoms with E-state index < -0.39 is 29.2 Å². The van der Waals surface area contributed by atoms with Crippen molar-refractivity contribution in [2.45, 2.75) is 31.8 Å². The third-order valence-corrected chi connectivity index (χ3v) is 4.80. The summed E-state index contributed by atoms with van der Waals surface area (Å²) >= 11 is 0. The molecule has 30 heavy (non-hydrogen) atoms. The molecule has 1 aromatic carbocycles. The Morgan fingerprint density at radius 2 is 2.10 bits per heavy atom. The summed E-state index contributed by atoms with van der Waals surface area (Å²) in [5, 5.41) is 20.5. The molecule has 2 aromatic heterocycles. The van der Waals surface area contributed by atoms with Gasteiger partial charge in [0.25, 0.3) is 0 Å². The number of carbonyl (C=O) groups excluding carboxylic acids is 1. The van der Waals surface area contributed by atoms with E-state index in [0.29, 0.717) is 5.56 Å². The highest BCUT2D eigenvalue weighted by Gasteiger charge is 2.40. The summed E-state index contributed by atoms with van der Waals surface area (Å²) in [6, 6.07) is 6.19. The quantitative estimate of drug-likeness (QED) is 0.544. The number of benzene rings is 1. The average molecular weight is 417 g/mol. The average Bonchev–Trinajstić information content (AvgIpc) is 3.20. The highest BCUT2D eigenvalue weighted by atomic mass is 19.1. The molecule has 0 aliphatic heterocycles. The number of aromatic amines is 1. The summed E-state index contributed by atoms with van der Waals surface area (Å²) in [6.07, 6.45) is 2.04. The second kappa shape index (κ2) is 8.95. The second-order valence-electron chi connectivity index (χ2n) is 6.68. The lowest BCUT2D eigenvalue weighted by Crippen LogP contribution is -2.36. The molecule has 2 heterocycles. The van der Waals surface area contributed by atoms with Crippen LogP contribution in [0.4, 0.5) is 19.4 Å². The number of nitrogens with one attached hydrogen (secondary N) is 2. The van der Waals surface area contributed by atoms with Crippen molar-refractivity contribution in [3.8, 4) is 0 Å². The van der Waals surface area contributed by atoms with Gasteiger partial charge in [-0.05, 0) is 24.6 Å². The Bertz CT molecular complexity index is 998. The molecule has 8 nitrogen and oxygen atoms in total. The molecule has 10 heteroatoms. The van der Waals surface area contributed by atoms with Gasteiger partial charge >= 0.3 is 6.09 Å². The molecule has 1 amide bonds. The molecule has 2 unspecified atom stereocenters. The summed E-state index contributed by atoms with van der Waals surface area (Å²) in [5.74, 6) is -1.79. The topological polar surface area (TPSA) is 113 Å². The number of hydrogen-bond acceptors (Lipinski definition) is 6. The Labute approximate surface area is 171 Å². The standard InChI is InChI=1S/C20H21F2N5O3/c1-3-30-19(28)26-17-7-4-13(10-23-17)12(2)20(29,9-18-24-11-25-27-18)15-6-5-14(21)8-16(15)22/h4-8,10-12,29H,3,9H2,1-2H3,(H,23,26,28)(H,24,25,27). The van der Waals surface area contributed by atoms with Gasteiger partial charge in [-0.25, -0.2) is 23.5 Å². The first-order valence-electron chi connectivity index (χ1n) is 9.25. The fourth-order valence-electron chi connectivity index (χ4n) is 3.17. The van der Waals surface area contributed by atoms with Crippen LogP contribution in [0.3, 0.4) is 0 Å². The number of pyridine rings is 1. The van der Waals surface area contributed by atoms with E-state index in [1.807, 2.05) is 0 Å². The fourth-order valence-corrected chi connectivity index (χ4v) is 3.17. The Morgan fingerprint density at radius 3 is 2.70 bits per heavy atom. The van der Waals surface area contributed by atoms with E-state index in [1.165, 1.54) is 24.7 Å². The maximum absolute atomic E-state index is 14.6. The lowest BCUT2D eigenvalue weighted by atomic mass is 9.76. The largest absolute Gasteiger partial charge is 0.450 e. The van der Waals surface area contributed by atoms with Crippen molar-refractivity contribution in [2.24, 2.45) is 0 Å². The van der Waals surface area contributed by atoms with Crippen molar-refractivity contribution >= 4 is 11.9 Å². The lowest BCUT2D eigenvalue weighted by Gasteiger charge is -2.34. The number of H-pyrrole nitrogens is 1. The van der Waals surface area contributed by atoms with E-state index >= 15 is 0 Å². The minimum Gasteiger partial charge on any atom is -0.450 e. The Hall–Kier alpha value is -3.40. The number of hydrogen-bond donors (Lipinski definition) is 3. The van der Waals surface area contributed by atoms with Crippen LogP contribution in [-0.2, 0) is 16.8 Å². The molecule has 0 aliphatic carbocycles. The molecule has 0 spiro atoms. The van der Waals surface area contributed by atoms with Gasteiger partial charge in [0.1, 0.15) is 29.4 Å². The summed E-state index contributed by atoms with van der Waals surface area (Å²) in [4.78, 5) is 19.7. The van der Waals surface area contributed by atoms with E-state index in [-0.39, 0.29) is 30.2 Å². The normalized spacial score (nSPS) is 14.0. The molecule has 0 saturated carbocycles. The monoisotopic (exact) mass is 417 g/mol. The zero-order valence-corrected chi connectivity index (χ0v) is 16.4. The molecule has 0 aliphatic rings. The van der Waals surface area contributed by atoms with Crippen molar-refractivity contribution in [2.75, 3.05) is 11.9 Å². The molecular weight excluding hydrogens is 396 g/mol. The van der Waals surface area contributed by atoms with E-state index in [1.54, 1.807) is 19.9 Å². The van der Waals surface area contributed by atoms with Crippen LogP contribution in [-0.4, -0.2) is 38.0 Å². The molecule has 2 atom stereocenters. The first-order valence-corrected chi connectivity index (χ1v) is 9.25.